The smallest absolute Gasteiger partial charge is 0.251 e. The third-order valence-corrected chi connectivity index (χ3v) is 3.78. The van der Waals surface area contributed by atoms with Crippen LogP contribution in [0.2, 0.25) is 0 Å². The molecule has 1 saturated heterocycles. The Kier molecular flexibility index (Phi) is 5.40. The van der Waals surface area contributed by atoms with E-state index in [9.17, 15) is 9.59 Å². The summed E-state index contributed by atoms with van der Waals surface area (Å²) < 4.78 is 0. The van der Waals surface area contributed by atoms with Gasteiger partial charge in [-0.1, -0.05) is 0 Å². The molecule has 0 radical (unpaired) electrons. The number of rotatable bonds is 5. The van der Waals surface area contributed by atoms with E-state index >= 15 is 0 Å². The van der Waals surface area contributed by atoms with E-state index in [0.29, 0.717) is 11.3 Å². The van der Waals surface area contributed by atoms with Crippen molar-refractivity contribution in [3.63, 3.8) is 0 Å². The van der Waals surface area contributed by atoms with E-state index in [4.69, 9.17) is 5.11 Å². The minimum atomic E-state index is -0.245. The van der Waals surface area contributed by atoms with Crippen LogP contribution in [0.25, 0.3) is 0 Å². The first-order valence-corrected chi connectivity index (χ1v) is 7.47. The van der Waals surface area contributed by atoms with E-state index in [1.165, 1.54) is 0 Å². The van der Waals surface area contributed by atoms with Crippen LogP contribution in [0, 0.1) is 0 Å². The first kappa shape index (κ1) is 14.8. The monoisotopic (exact) mass is 295 g/mol. The molecule has 1 aromatic carbocycles. The second-order valence-corrected chi connectivity index (χ2v) is 5.35. The lowest BCUT2D eigenvalue weighted by Crippen LogP contribution is -2.37. The molecule has 108 valence electrons. The van der Waals surface area contributed by atoms with Crippen molar-refractivity contribution in [3.8, 4) is 0 Å². The Balaban J connectivity index is 1.90. The molecule has 2 amide bonds. The van der Waals surface area contributed by atoms with Crippen LogP contribution in [-0.2, 0) is 4.79 Å². The molecule has 4 N–H and O–H groups in total. The average molecular weight is 295 g/mol. The average Bonchev–Trinajstić information content (AvgIpc) is 3.00. The molecule has 0 spiro atoms. The number of aliphatic hydroxyl groups excluding tert-OH is 1. The van der Waals surface area contributed by atoms with Gasteiger partial charge in [-0.3, -0.25) is 14.9 Å². The quantitative estimate of drug-likeness (QED) is 0.614. The molecule has 0 saturated carbocycles. The molecular weight excluding hydrogens is 278 g/mol. The fourth-order valence-corrected chi connectivity index (χ4v) is 2.71. The zero-order valence-electron chi connectivity index (χ0n) is 10.9. The number of thioether (sulfide) groups is 1. The molecule has 6 nitrogen and oxygen atoms in total. The van der Waals surface area contributed by atoms with Crippen molar-refractivity contribution in [1.82, 2.24) is 10.6 Å². The third kappa shape index (κ3) is 3.96. The Bertz CT molecular complexity index is 472. The van der Waals surface area contributed by atoms with Gasteiger partial charge >= 0.3 is 0 Å². The number of carbonyl (C=O) groups is 2. The summed E-state index contributed by atoms with van der Waals surface area (Å²) in [6.45, 7) is 0.134. The van der Waals surface area contributed by atoms with Gasteiger partial charge in [-0.25, -0.2) is 0 Å². The van der Waals surface area contributed by atoms with Crippen molar-refractivity contribution in [3.05, 3.63) is 29.8 Å². The van der Waals surface area contributed by atoms with Crippen LogP contribution >= 0.6 is 11.8 Å². The maximum atomic E-state index is 11.9. The standard InChI is InChI=1S/C13H17N3O3S/c17-6-5-14-12(18)9-1-3-10(4-2-9)16-13(19)11-7-20-8-15-11/h1-4,11,15,17H,5-8H2,(H,14,18)(H,16,19). The van der Waals surface area contributed by atoms with E-state index in [1.807, 2.05) is 0 Å². The van der Waals surface area contributed by atoms with Gasteiger partial charge in [0.2, 0.25) is 5.91 Å². The Morgan fingerprint density at radius 2 is 2.10 bits per heavy atom. The fraction of sp³-hybridized carbons (Fsp3) is 0.385. The molecule has 20 heavy (non-hydrogen) atoms. The third-order valence-electron chi connectivity index (χ3n) is 2.84. The van der Waals surface area contributed by atoms with Gasteiger partial charge in [0.05, 0.1) is 12.6 Å². The van der Waals surface area contributed by atoms with Gasteiger partial charge in [0.1, 0.15) is 0 Å². The van der Waals surface area contributed by atoms with Gasteiger partial charge in [0, 0.05) is 29.4 Å². The largest absolute Gasteiger partial charge is 0.395 e. The molecule has 1 aliphatic heterocycles. The summed E-state index contributed by atoms with van der Waals surface area (Å²) in [6, 6.07) is 6.49. The predicted octanol–water partition coefficient (Wildman–Crippen LogP) is 0.00970. The van der Waals surface area contributed by atoms with E-state index in [1.54, 1.807) is 36.0 Å². The van der Waals surface area contributed by atoms with Crippen LogP contribution < -0.4 is 16.0 Å². The number of hydrogen-bond acceptors (Lipinski definition) is 5. The molecule has 1 heterocycles. The fourth-order valence-electron chi connectivity index (χ4n) is 1.77. The molecule has 1 unspecified atom stereocenters. The number of aliphatic hydroxyl groups is 1. The molecular formula is C13H17N3O3S. The topological polar surface area (TPSA) is 90.5 Å². The number of amides is 2. The van der Waals surface area contributed by atoms with Crippen LogP contribution in [0.4, 0.5) is 5.69 Å². The predicted molar refractivity (Wildman–Crippen MR) is 78.7 cm³/mol. The molecule has 0 aromatic heterocycles. The minimum absolute atomic E-state index is 0.0625. The summed E-state index contributed by atoms with van der Waals surface area (Å²) in [7, 11) is 0. The summed E-state index contributed by atoms with van der Waals surface area (Å²) in [5.74, 6) is 1.26. The second kappa shape index (κ2) is 7.28. The van der Waals surface area contributed by atoms with Crippen molar-refractivity contribution in [2.24, 2.45) is 0 Å². The van der Waals surface area contributed by atoms with Gasteiger partial charge in [-0.2, -0.15) is 0 Å². The van der Waals surface area contributed by atoms with Crippen LogP contribution in [0.5, 0.6) is 0 Å². The van der Waals surface area contributed by atoms with Crippen LogP contribution in [0.15, 0.2) is 24.3 Å². The number of nitrogens with one attached hydrogen (secondary N) is 3. The lowest BCUT2D eigenvalue weighted by atomic mass is 10.2. The van der Waals surface area contributed by atoms with Gasteiger partial charge in [0.15, 0.2) is 0 Å². The van der Waals surface area contributed by atoms with Crippen LogP contribution in [-0.4, -0.2) is 47.7 Å². The zero-order chi connectivity index (χ0) is 14.4. The Morgan fingerprint density at radius 3 is 2.70 bits per heavy atom. The summed E-state index contributed by atoms with van der Waals surface area (Å²) >= 11 is 1.69. The highest BCUT2D eigenvalue weighted by Gasteiger charge is 2.22. The maximum absolute atomic E-state index is 11.9. The van der Waals surface area contributed by atoms with E-state index < -0.39 is 0 Å². The van der Waals surface area contributed by atoms with E-state index in [2.05, 4.69) is 16.0 Å². The SMILES string of the molecule is O=C(NCCO)c1ccc(NC(=O)C2CSCN2)cc1. The molecule has 0 aliphatic carbocycles. The normalized spacial score (nSPS) is 17.8. The number of carbonyl (C=O) groups excluding carboxylic acids is 2. The van der Waals surface area contributed by atoms with Gasteiger partial charge in [-0.15, -0.1) is 11.8 Å². The van der Waals surface area contributed by atoms with Gasteiger partial charge < -0.3 is 15.7 Å². The number of anilines is 1. The zero-order valence-corrected chi connectivity index (χ0v) is 11.7. The van der Waals surface area contributed by atoms with Crippen molar-refractivity contribution in [1.29, 1.82) is 0 Å². The maximum Gasteiger partial charge on any atom is 0.251 e. The highest BCUT2D eigenvalue weighted by molar-refractivity contribution is 7.99. The lowest BCUT2D eigenvalue weighted by molar-refractivity contribution is -0.117. The summed E-state index contributed by atoms with van der Waals surface area (Å²) in [6.07, 6.45) is 0. The van der Waals surface area contributed by atoms with Crippen LogP contribution in [0.1, 0.15) is 10.4 Å². The molecule has 1 aliphatic rings. The summed E-state index contributed by atoms with van der Waals surface area (Å²) in [5, 5.41) is 17.1. The molecule has 1 fully saturated rings. The number of benzene rings is 1. The molecule has 1 aromatic rings. The molecule has 1 atom stereocenters. The molecule has 7 heteroatoms. The van der Waals surface area contributed by atoms with Crippen molar-refractivity contribution >= 4 is 29.3 Å². The summed E-state index contributed by atoms with van der Waals surface area (Å²) in [4.78, 5) is 23.5. The Hall–Kier alpha value is -1.57. The number of hydrogen-bond donors (Lipinski definition) is 4. The minimum Gasteiger partial charge on any atom is -0.395 e. The van der Waals surface area contributed by atoms with Crippen LogP contribution in [0.3, 0.4) is 0 Å². The first-order valence-electron chi connectivity index (χ1n) is 6.32. The van der Waals surface area contributed by atoms with Gasteiger partial charge in [0.25, 0.3) is 5.91 Å². The van der Waals surface area contributed by atoms with Crippen molar-refractivity contribution < 1.29 is 14.7 Å². The van der Waals surface area contributed by atoms with E-state index in [-0.39, 0.29) is 31.0 Å². The highest BCUT2D eigenvalue weighted by Crippen LogP contribution is 2.13. The second-order valence-electron chi connectivity index (χ2n) is 4.32. The summed E-state index contributed by atoms with van der Waals surface area (Å²) in [5.41, 5.74) is 1.15. The van der Waals surface area contributed by atoms with Gasteiger partial charge in [-0.05, 0) is 24.3 Å². The van der Waals surface area contributed by atoms with Crippen molar-refractivity contribution in [2.45, 2.75) is 6.04 Å². The Labute approximate surface area is 121 Å². The lowest BCUT2D eigenvalue weighted by Gasteiger charge is -2.11. The molecule has 2 rings (SSSR count). The van der Waals surface area contributed by atoms with E-state index in [0.717, 1.165) is 11.6 Å². The highest BCUT2D eigenvalue weighted by atomic mass is 32.2. The first-order chi connectivity index (χ1) is 9.70. The van der Waals surface area contributed by atoms with Crippen molar-refractivity contribution in [2.75, 3.05) is 30.1 Å². The Morgan fingerprint density at radius 1 is 1.35 bits per heavy atom. The molecule has 0 bridgehead atoms.